The Morgan fingerprint density at radius 2 is 1.97 bits per heavy atom. The standard InChI is InChI=1S/C24H23ClN4OS/c25-21-19-11-4-5-12-20(19)31-22(21)24(30)29(18-9-2-1-3-10-18)14-16-7-6-8-17(13-16)23-26-15-27-28-23/h4-8,11-13,15,18H,1-3,9-10,14H2,(H,26,27,28). The normalized spacial score (nSPS) is 14.7. The van der Waals surface area contributed by atoms with Crippen molar-refractivity contribution in [2.75, 3.05) is 0 Å². The van der Waals surface area contributed by atoms with Gasteiger partial charge in [-0.15, -0.1) is 11.3 Å². The lowest BCUT2D eigenvalue weighted by Crippen LogP contribution is -2.40. The molecule has 1 N–H and O–H groups in total. The molecule has 0 aliphatic heterocycles. The van der Waals surface area contributed by atoms with Gasteiger partial charge in [-0.2, -0.15) is 5.10 Å². The Hall–Kier alpha value is -2.70. The first kappa shape index (κ1) is 20.2. The number of amides is 1. The molecule has 0 bridgehead atoms. The van der Waals surface area contributed by atoms with Crippen LogP contribution in [0.2, 0.25) is 5.02 Å². The fraction of sp³-hybridized carbons (Fsp3) is 0.292. The second-order valence-corrected chi connectivity index (χ2v) is 9.43. The maximum absolute atomic E-state index is 13.8. The van der Waals surface area contributed by atoms with Crippen LogP contribution in [-0.2, 0) is 6.54 Å². The lowest BCUT2D eigenvalue weighted by molar-refractivity contribution is 0.0619. The molecule has 1 aliphatic rings. The molecule has 2 aromatic heterocycles. The summed E-state index contributed by atoms with van der Waals surface area (Å²) in [4.78, 5) is 20.7. The smallest absolute Gasteiger partial charge is 0.266 e. The van der Waals surface area contributed by atoms with Crippen molar-refractivity contribution in [2.24, 2.45) is 0 Å². The molecule has 0 radical (unpaired) electrons. The van der Waals surface area contributed by atoms with Crippen molar-refractivity contribution in [3.63, 3.8) is 0 Å². The van der Waals surface area contributed by atoms with Gasteiger partial charge in [0.2, 0.25) is 0 Å². The summed E-state index contributed by atoms with van der Waals surface area (Å²) in [5.41, 5.74) is 2.04. The predicted octanol–water partition coefficient (Wildman–Crippen LogP) is 6.31. The van der Waals surface area contributed by atoms with Crippen LogP contribution in [0.15, 0.2) is 54.9 Å². The lowest BCUT2D eigenvalue weighted by atomic mass is 9.93. The van der Waals surface area contributed by atoms with Crippen LogP contribution >= 0.6 is 22.9 Å². The van der Waals surface area contributed by atoms with E-state index >= 15 is 0 Å². The van der Waals surface area contributed by atoms with Crippen LogP contribution in [0.4, 0.5) is 0 Å². The Kier molecular flexibility index (Phi) is 5.74. The third-order valence-electron chi connectivity index (χ3n) is 5.97. The van der Waals surface area contributed by atoms with E-state index in [0.717, 1.165) is 52.7 Å². The van der Waals surface area contributed by atoms with Gasteiger partial charge >= 0.3 is 0 Å². The maximum atomic E-state index is 13.8. The van der Waals surface area contributed by atoms with E-state index in [9.17, 15) is 4.79 Å². The summed E-state index contributed by atoms with van der Waals surface area (Å²) < 4.78 is 1.05. The van der Waals surface area contributed by atoms with Crippen molar-refractivity contribution in [3.8, 4) is 11.4 Å². The minimum Gasteiger partial charge on any atom is -0.331 e. The van der Waals surface area contributed by atoms with Crippen molar-refractivity contribution in [1.82, 2.24) is 20.1 Å². The number of hydrogen-bond acceptors (Lipinski definition) is 4. The average molecular weight is 451 g/mol. The van der Waals surface area contributed by atoms with E-state index < -0.39 is 0 Å². The number of carbonyl (C=O) groups excluding carboxylic acids is 1. The van der Waals surface area contributed by atoms with Gasteiger partial charge in [0.1, 0.15) is 11.2 Å². The zero-order valence-electron chi connectivity index (χ0n) is 17.1. The largest absolute Gasteiger partial charge is 0.331 e. The van der Waals surface area contributed by atoms with E-state index in [1.165, 1.54) is 24.1 Å². The highest BCUT2D eigenvalue weighted by molar-refractivity contribution is 7.21. The molecule has 5 nitrogen and oxygen atoms in total. The molecule has 31 heavy (non-hydrogen) atoms. The third kappa shape index (κ3) is 4.10. The summed E-state index contributed by atoms with van der Waals surface area (Å²) >= 11 is 8.16. The summed E-state index contributed by atoms with van der Waals surface area (Å²) in [5, 5.41) is 8.38. The highest BCUT2D eigenvalue weighted by atomic mass is 35.5. The van der Waals surface area contributed by atoms with Crippen molar-refractivity contribution in [1.29, 1.82) is 0 Å². The molecule has 0 unspecified atom stereocenters. The Balaban J connectivity index is 1.49. The minimum absolute atomic E-state index is 0.0307. The molecular formula is C24H23ClN4OS. The van der Waals surface area contributed by atoms with Crippen molar-refractivity contribution >= 4 is 38.9 Å². The van der Waals surface area contributed by atoms with Crippen LogP contribution in [0.1, 0.15) is 47.3 Å². The number of H-pyrrole nitrogens is 1. The van der Waals surface area contributed by atoms with Crippen molar-refractivity contribution < 1.29 is 4.79 Å². The molecule has 0 atom stereocenters. The molecule has 7 heteroatoms. The first-order valence-corrected chi connectivity index (χ1v) is 11.8. The fourth-order valence-corrected chi connectivity index (χ4v) is 5.87. The van der Waals surface area contributed by atoms with E-state index in [2.05, 4.69) is 27.3 Å². The number of hydrogen-bond donors (Lipinski definition) is 1. The zero-order valence-corrected chi connectivity index (χ0v) is 18.6. The summed E-state index contributed by atoms with van der Waals surface area (Å²) in [5.74, 6) is 0.758. The molecule has 1 aliphatic carbocycles. The third-order valence-corrected chi connectivity index (χ3v) is 7.64. The molecule has 4 aromatic rings. The summed E-state index contributed by atoms with van der Waals surface area (Å²) in [6, 6.07) is 16.3. The van der Waals surface area contributed by atoms with Crippen LogP contribution in [0.3, 0.4) is 0 Å². The number of benzene rings is 2. The Morgan fingerprint density at radius 1 is 1.13 bits per heavy atom. The Bertz CT molecular complexity index is 1200. The van der Waals surface area contributed by atoms with Gasteiger partial charge in [0.15, 0.2) is 5.82 Å². The monoisotopic (exact) mass is 450 g/mol. The number of aromatic amines is 1. The molecule has 5 rings (SSSR count). The number of nitrogens with one attached hydrogen (secondary N) is 1. The number of thiophene rings is 1. The second-order valence-electron chi connectivity index (χ2n) is 8.00. The van der Waals surface area contributed by atoms with Crippen molar-refractivity contribution in [2.45, 2.75) is 44.7 Å². The first-order chi connectivity index (χ1) is 15.2. The van der Waals surface area contributed by atoms with E-state index in [1.54, 1.807) is 0 Å². The molecule has 1 amide bonds. The average Bonchev–Trinajstić information content (AvgIpc) is 3.47. The highest BCUT2D eigenvalue weighted by Gasteiger charge is 2.29. The van der Waals surface area contributed by atoms with Crippen molar-refractivity contribution in [3.05, 3.63) is 70.3 Å². The van der Waals surface area contributed by atoms with Crippen LogP contribution in [-0.4, -0.2) is 32.0 Å². The van der Waals surface area contributed by atoms with Crippen LogP contribution < -0.4 is 0 Å². The molecule has 2 aromatic carbocycles. The van der Waals surface area contributed by atoms with Gasteiger partial charge in [-0.3, -0.25) is 9.89 Å². The van der Waals surface area contributed by atoms with Crippen LogP contribution in [0.5, 0.6) is 0 Å². The minimum atomic E-state index is 0.0307. The number of rotatable bonds is 5. The van der Waals surface area contributed by atoms with E-state index in [1.807, 2.05) is 41.3 Å². The fourth-order valence-electron chi connectivity index (χ4n) is 4.40. The van der Waals surface area contributed by atoms with E-state index in [-0.39, 0.29) is 11.9 Å². The van der Waals surface area contributed by atoms with Crippen LogP contribution in [0.25, 0.3) is 21.5 Å². The molecule has 2 heterocycles. The zero-order chi connectivity index (χ0) is 21.2. The quantitative estimate of drug-likeness (QED) is 0.387. The summed E-state index contributed by atoms with van der Waals surface area (Å²) in [6.07, 6.45) is 7.14. The van der Waals surface area contributed by atoms with E-state index in [0.29, 0.717) is 16.4 Å². The highest BCUT2D eigenvalue weighted by Crippen LogP contribution is 2.37. The van der Waals surface area contributed by atoms with Crippen LogP contribution in [0, 0.1) is 0 Å². The molecule has 1 saturated carbocycles. The topological polar surface area (TPSA) is 61.9 Å². The Morgan fingerprint density at radius 3 is 2.74 bits per heavy atom. The number of halogens is 1. The number of aromatic nitrogens is 3. The van der Waals surface area contributed by atoms with Gasteiger partial charge in [-0.25, -0.2) is 4.98 Å². The lowest BCUT2D eigenvalue weighted by Gasteiger charge is -2.34. The first-order valence-electron chi connectivity index (χ1n) is 10.6. The van der Waals surface area contributed by atoms with E-state index in [4.69, 9.17) is 11.6 Å². The molecular weight excluding hydrogens is 428 g/mol. The predicted molar refractivity (Wildman–Crippen MR) is 125 cm³/mol. The summed E-state index contributed by atoms with van der Waals surface area (Å²) in [6.45, 7) is 0.552. The summed E-state index contributed by atoms with van der Waals surface area (Å²) in [7, 11) is 0. The van der Waals surface area contributed by atoms with Gasteiger partial charge in [-0.05, 0) is 30.5 Å². The SMILES string of the molecule is O=C(c1sc2ccccc2c1Cl)N(Cc1cccc(-c2ncn[nH]2)c1)C1CCCCC1. The number of nitrogens with zero attached hydrogens (tertiary/aromatic N) is 3. The molecule has 0 saturated heterocycles. The van der Waals surface area contributed by atoms with Gasteiger partial charge in [0.25, 0.3) is 5.91 Å². The molecule has 0 spiro atoms. The van der Waals surface area contributed by atoms with Gasteiger partial charge in [0, 0.05) is 28.2 Å². The van der Waals surface area contributed by atoms with Gasteiger partial charge in [-0.1, -0.05) is 67.3 Å². The molecule has 1 fully saturated rings. The Labute approximate surface area is 190 Å². The van der Waals surface area contributed by atoms with Gasteiger partial charge in [0.05, 0.1) is 5.02 Å². The number of fused-ring (bicyclic) bond motifs is 1. The van der Waals surface area contributed by atoms with Gasteiger partial charge < -0.3 is 4.90 Å². The maximum Gasteiger partial charge on any atom is 0.266 e. The second kappa shape index (κ2) is 8.81. The number of carbonyl (C=O) groups is 1. The molecule has 158 valence electrons.